The summed E-state index contributed by atoms with van der Waals surface area (Å²) in [6.07, 6.45) is 0.995. The average Bonchev–Trinajstić information content (AvgIpc) is 2.84. The fourth-order valence-electron chi connectivity index (χ4n) is 4.26. The number of amides is 1. The lowest BCUT2D eigenvalue weighted by atomic mass is 10.1. The summed E-state index contributed by atoms with van der Waals surface area (Å²) in [5, 5.41) is 12.5. The van der Waals surface area contributed by atoms with Crippen molar-refractivity contribution >= 4 is 34.1 Å². The summed E-state index contributed by atoms with van der Waals surface area (Å²) in [4.78, 5) is 35.5. The van der Waals surface area contributed by atoms with Crippen LogP contribution in [0.25, 0.3) is 22.3 Å². The highest BCUT2D eigenvalue weighted by molar-refractivity contribution is 6.31. The van der Waals surface area contributed by atoms with Gasteiger partial charge in [-0.1, -0.05) is 18.5 Å². The van der Waals surface area contributed by atoms with Crippen molar-refractivity contribution in [3.63, 3.8) is 0 Å². The maximum atomic E-state index is 13.9. The van der Waals surface area contributed by atoms with Crippen LogP contribution in [-0.2, 0) is 11.3 Å². The van der Waals surface area contributed by atoms with E-state index in [1.165, 1.54) is 22.8 Å². The number of aliphatic hydroxyl groups excluding tert-OH is 1. The van der Waals surface area contributed by atoms with Crippen LogP contribution in [0.3, 0.4) is 0 Å². The van der Waals surface area contributed by atoms with Gasteiger partial charge in [-0.25, -0.2) is 9.37 Å². The summed E-state index contributed by atoms with van der Waals surface area (Å²) in [6, 6.07) is 9.55. The topological polar surface area (TPSA) is 90.7 Å². The second kappa shape index (κ2) is 12.7. The summed E-state index contributed by atoms with van der Waals surface area (Å²) in [7, 11) is 1.95. The van der Waals surface area contributed by atoms with Crippen LogP contribution in [0, 0.1) is 5.82 Å². The molecule has 0 fully saturated rings. The van der Waals surface area contributed by atoms with Gasteiger partial charge in [0.2, 0.25) is 5.91 Å². The van der Waals surface area contributed by atoms with E-state index in [0.29, 0.717) is 29.6 Å². The van der Waals surface area contributed by atoms with E-state index in [1.54, 1.807) is 12.1 Å². The van der Waals surface area contributed by atoms with Gasteiger partial charge in [0.25, 0.3) is 5.56 Å². The molecule has 0 aliphatic carbocycles. The Morgan fingerprint density at radius 1 is 1.13 bits per heavy atom. The van der Waals surface area contributed by atoms with Crippen molar-refractivity contribution in [1.29, 1.82) is 0 Å². The number of hydrogen-bond acceptors (Lipinski definition) is 6. The van der Waals surface area contributed by atoms with E-state index in [0.717, 1.165) is 25.2 Å². The highest BCUT2D eigenvalue weighted by atomic mass is 35.5. The molecule has 3 rings (SSSR count). The molecule has 0 saturated heterocycles. The van der Waals surface area contributed by atoms with E-state index in [9.17, 15) is 19.1 Å². The van der Waals surface area contributed by atoms with Gasteiger partial charge < -0.3 is 15.3 Å². The predicted octanol–water partition coefficient (Wildman–Crippen LogP) is 3.91. The number of fused-ring (bicyclic) bond motifs is 1. The van der Waals surface area contributed by atoms with Crippen LogP contribution >= 0.6 is 11.6 Å². The predicted molar refractivity (Wildman–Crippen MR) is 151 cm³/mol. The molecule has 0 bridgehead atoms. The second-order valence-corrected chi connectivity index (χ2v) is 10.8. The third-order valence-electron chi connectivity index (χ3n) is 6.08. The van der Waals surface area contributed by atoms with Crippen LogP contribution in [0.5, 0.6) is 0 Å². The van der Waals surface area contributed by atoms with Crippen LogP contribution in [0.15, 0.2) is 41.2 Å². The zero-order valence-corrected chi connectivity index (χ0v) is 23.5. The van der Waals surface area contributed by atoms with E-state index < -0.39 is 11.4 Å². The summed E-state index contributed by atoms with van der Waals surface area (Å²) >= 11 is 6.02. The number of carbonyl (C=O) groups is 1. The number of carbonyl (C=O) groups excluding carboxylic acids is 1. The maximum absolute atomic E-state index is 13.9. The van der Waals surface area contributed by atoms with Crippen LogP contribution in [0.1, 0.15) is 34.1 Å². The fourth-order valence-corrected chi connectivity index (χ4v) is 4.44. The van der Waals surface area contributed by atoms with E-state index in [2.05, 4.69) is 17.1 Å². The molecule has 10 heteroatoms. The number of aromatic nitrogens is 2. The number of nitrogens with zero attached hydrogens (tertiary/aromatic N) is 4. The first-order valence-corrected chi connectivity index (χ1v) is 13.2. The van der Waals surface area contributed by atoms with Gasteiger partial charge in [0.1, 0.15) is 18.2 Å². The Balaban J connectivity index is 2.04. The summed E-state index contributed by atoms with van der Waals surface area (Å²) in [5.74, 6) is -0.697. The smallest absolute Gasteiger partial charge is 0.262 e. The number of halogens is 2. The van der Waals surface area contributed by atoms with Gasteiger partial charge in [-0.15, -0.1) is 0 Å². The molecular formula is C28H37ClFN5O3. The minimum atomic E-state index is -0.584. The molecule has 1 amide bonds. The minimum Gasteiger partial charge on any atom is -0.395 e. The van der Waals surface area contributed by atoms with Crippen LogP contribution < -0.4 is 15.8 Å². The van der Waals surface area contributed by atoms with Crippen molar-refractivity contribution in [1.82, 2.24) is 19.8 Å². The lowest BCUT2D eigenvalue weighted by molar-refractivity contribution is -0.123. The number of aliphatic hydroxyl groups is 1. The second-order valence-electron chi connectivity index (χ2n) is 10.4. The van der Waals surface area contributed by atoms with Gasteiger partial charge in [0.15, 0.2) is 0 Å². The van der Waals surface area contributed by atoms with Gasteiger partial charge in [-0.05, 0) is 70.1 Å². The van der Waals surface area contributed by atoms with Gasteiger partial charge in [-0.3, -0.25) is 19.1 Å². The molecule has 0 aliphatic rings. The zero-order chi connectivity index (χ0) is 28.0. The number of nitrogens with one attached hydrogen (secondary N) is 1. The molecule has 3 aromatic rings. The largest absolute Gasteiger partial charge is 0.395 e. The molecule has 2 aromatic carbocycles. The Kier molecular flexibility index (Phi) is 9.87. The SMILES string of the molecule is CCCN(CCO)CCN(C)c1ccc2nc(-c3ccc(F)c(Cl)c3)n(CC(=O)NC(C)(C)C)c(=O)c2c1. The standard InChI is InChI=1S/C28H37ClFN5O3/c1-6-11-34(14-15-36)13-12-33(5)20-8-10-24-21(17-20)27(38)35(18-25(37)32-28(2,3)4)26(31-24)19-7-9-23(30)22(29)16-19/h7-10,16-17,36H,6,11-15,18H2,1-5H3,(H,32,37). The normalized spacial score (nSPS) is 11.8. The highest BCUT2D eigenvalue weighted by Gasteiger charge is 2.20. The highest BCUT2D eigenvalue weighted by Crippen LogP contribution is 2.26. The van der Waals surface area contributed by atoms with Crippen molar-refractivity contribution in [2.24, 2.45) is 0 Å². The van der Waals surface area contributed by atoms with Crippen molar-refractivity contribution in [2.75, 3.05) is 44.7 Å². The van der Waals surface area contributed by atoms with Crippen molar-refractivity contribution in [2.45, 2.75) is 46.2 Å². The third kappa shape index (κ3) is 7.52. The van der Waals surface area contributed by atoms with Crippen molar-refractivity contribution in [3.8, 4) is 11.4 Å². The molecule has 0 spiro atoms. The van der Waals surface area contributed by atoms with Gasteiger partial charge in [-0.2, -0.15) is 0 Å². The van der Waals surface area contributed by atoms with Gasteiger partial charge >= 0.3 is 0 Å². The first-order chi connectivity index (χ1) is 17.9. The van der Waals surface area contributed by atoms with E-state index in [1.807, 2.05) is 38.8 Å². The van der Waals surface area contributed by atoms with Gasteiger partial charge in [0, 0.05) is 43.5 Å². The molecule has 2 N–H and O–H groups in total. The Morgan fingerprint density at radius 3 is 2.50 bits per heavy atom. The number of rotatable bonds is 11. The molecule has 0 unspecified atom stereocenters. The lowest BCUT2D eigenvalue weighted by Gasteiger charge is -2.26. The Bertz CT molecular complexity index is 1330. The molecule has 0 saturated carbocycles. The Morgan fingerprint density at radius 2 is 1.87 bits per heavy atom. The van der Waals surface area contributed by atoms with E-state index in [-0.39, 0.29) is 35.5 Å². The van der Waals surface area contributed by atoms with E-state index in [4.69, 9.17) is 16.6 Å². The van der Waals surface area contributed by atoms with Gasteiger partial charge in [0.05, 0.1) is 22.5 Å². The number of hydrogen-bond donors (Lipinski definition) is 2. The number of likely N-dealkylation sites (N-methyl/N-ethyl adjacent to an activating group) is 1. The molecule has 1 heterocycles. The minimum absolute atomic E-state index is 0.0992. The summed E-state index contributed by atoms with van der Waals surface area (Å²) in [6.45, 7) is 10.5. The Labute approximate surface area is 228 Å². The molecule has 0 aliphatic heterocycles. The average molecular weight is 546 g/mol. The first kappa shape index (κ1) is 29.5. The van der Waals surface area contributed by atoms with Crippen LogP contribution in [0.2, 0.25) is 5.02 Å². The molecule has 38 heavy (non-hydrogen) atoms. The van der Waals surface area contributed by atoms with Crippen LogP contribution in [-0.4, -0.2) is 70.8 Å². The monoisotopic (exact) mass is 545 g/mol. The number of anilines is 1. The van der Waals surface area contributed by atoms with Crippen molar-refractivity contribution in [3.05, 3.63) is 57.6 Å². The molecule has 0 radical (unpaired) electrons. The summed E-state index contributed by atoms with van der Waals surface area (Å²) in [5.41, 5.74) is 0.864. The summed E-state index contributed by atoms with van der Waals surface area (Å²) < 4.78 is 15.2. The van der Waals surface area contributed by atoms with E-state index >= 15 is 0 Å². The third-order valence-corrected chi connectivity index (χ3v) is 6.37. The molecule has 0 atom stereocenters. The quantitative estimate of drug-likeness (QED) is 0.380. The molecular weight excluding hydrogens is 509 g/mol. The molecule has 1 aromatic heterocycles. The first-order valence-electron chi connectivity index (χ1n) is 12.8. The number of benzene rings is 2. The molecule has 206 valence electrons. The molecule has 8 nitrogen and oxygen atoms in total. The van der Waals surface area contributed by atoms with Crippen LogP contribution in [0.4, 0.5) is 10.1 Å². The lowest BCUT2D eigenvalue weighted by Crippen LogP contribution is -2.43. The van der Waals surface area contributed by atoms with Crippen molar-refractivity contribution < 1.29 is 14.3 Å². The maximum Gasteiger partial charge on any atom is 0.262 e. The zero-order valence-electron chi connectivity index (χ0n) is 22.7. The fraction of sp³-hybridized carbons (Fsp3) is 0.464. The Hall–Kier alpha value is -3.01.